The van der Waals surface area contributed by atoms with Gasteiger partial charge in [0, 0.05) is 31.3 Å². The Bertz CT molecular complexity index is 1010. The number of rotatable bonds is 3. The average molecular weight is 525 g/mol. The Morgan fingerprint density at radius 3 is 2.00 bits per heavy atom. The molecule has 0 unspecified atom stereocenters. The summed E-state index contributed by atoms with van der Waals surface area (Å²) in [7, 11) is 0. The topological polar surface area (TPSA) is 141 Å². The summed E-state index contributed by atoms with van der Waals surface area (Å²) >= 11 is 0. The highest BCUT2D eigenvalue weighted by molar-refractivity contribution is 5.94. The lowest BCUT2D eigenvalue weighted by Gasteiger charge is -2.26. The molecule has 0 saturated carbocycles. The molecule has 3 N–H and O–H groups in total. The largest absolute Gasteiger partial charge is 0.490 e. The van der Waals surface area contributed by atoms with Crippen molar-refractivity contribution in [2.24, 2.45) is 0 Å². The van der Waals surface area contributed by atoms with Crippen LogP contribution < -0.4 is 0 Å². The highest BCUT2D eigenvalue weighted by atomic mass is 19.4. The molecule has 2 atom stereocenters. The van der Waals surface area contributed by atoms with Gasteiger partial charge in [0.2, 0.25) is 0 Å². The molecule has 9 nitrogen and oxygen atoms in total. The van der Waals surface area contributed by atoms with Crippen LogP contribution in [0.5, 0.6) is 0 Å². The summed E-state index contributed by atoms with van der Waals surface area (Å²) in [6, 6.07) is 5.46. The minimum Gasteiger partial charge on any atom is -0.475 e. The first-order valence-corrected chi connectivity index (χ1v) is 9.93. The Balaban J connectivity index is 0.000000383. The van der Waals surface area contributed by atoms with E-state index < -0.39 is 30.4 Å². The normalized spacial score (nSPS) is 17.3. The summed E-state index contributed by atoms with van der Waals surface area (Å²) in [5, 5.41) is 24.5. The Morgan fingerprint density at radius 1 is 1.00 bits per heavy atom. The number of aliphatic hydroxyl groups excluding tert-OH is 1. The number of likely N-dealkylation sites (tertiary alicyclic amines) is 1. The van der Waals surface area contributed by atoms with Crippen LogP contribution in [0.15, 0.2) is 43.0 Å². The second-order valence-corrected chi connectivity index (χ2v) is 7.34. The number of nitrogens with zero attached hydrogens (tertiary/aromatic N) is 3. The van der Waals surface area contributed by atoms with Crippen LogP contribution in [-0.2, 0) is 16.0 Å². The molecule has 2 aromatic rings. The molecule has 198 valence electrons. The molecule has 0 aromatic carbocycles. The summed E-state index contributed by atoms with van der Waals surface area (Å²) < 4.78 is 63.5. The third-order valence-electron chi connectivity index (χ3n) is 4.55. The average Bonchev–Trinajstić information content (AvgIpc) is 3.13. The van der Waals surface area contributed by atoms with E-state index in [1.54, 1.807) is 29.7 Å². The van der Waals surface area contributed by atoms with Crippen LogP contribution in [0.3, 0.4) is 0 Å². The third-order valence-corrected chi connectivity index (χ3v) is 4.55. The maximum absolute atomic E-state index is 12.7. The van der Waals surface area contributed by atoms with Crippen molar-refractivity contribution < 1.29 is 56.0 Å². The third kappa shape index (κ3) is 9.85. The summed E-state index contributed by atoms with van der Waals surface area (Å²) in [6.45, 7) is 2.48. The number of halogens is 6. The Labute approximate surface area is 200 Å². The van der Waals surface area contributed by atoms with E-state index in [1.807, 2.05) is 25.1 Å². The molecule has 0 bridgehead atoms. The lowest BCUT2D eigenvalue weighted by Crippen LogP contribution is -2.41. The summed E-state index contributed by atoms with van der Waals surface area (Å²) in [5.41, 5.74) is 2.55. The van der Waals surface area contributed by atoms with E-state index in [0.717, 1.165) is 11.1 Å². The number of carbonyl (C=O) groups excluding carboxylic acids is 1. The molecule has 0 aliphatic carbocycles. The van der Waals surface area contributed by atoms with E-state index in [2.05, 4.69) is 9.97 Å². The zero-order chi connectivity index (χ0) is 27.7. The van der Waals surface area contributed by atoms with Gasteiger partial charge in [-0.25, -0.2) is 9.59 Å². The van der Waals surface area contributed by atoms with Gasteiger partial charge < -0.3 is 20.2 Å². The fourth-order valence-corrected chi connectivity index (χ4v) is 2.93. The molecule has 15 heteroatoms. The highest BCUT2D eigenvalue weighted by Crippen LogP contribution is 2.24. The van der Waals surface area contributed by atoms with Gasteiger partial charge in [-0.3, -0.25) is 14.8 Å². The van der Waals surface area contributed by atoms with Gasteiger partial charge in [0.1, 0.15) is 0 Å². The Hall–Kier alpha value is -3.75. The van der Waals surface area contributed by atoms with Crippen molar-refractivity contribution >= 4 is 17.8 Å². The van der Waals surface area contributed by atoms with Crippen LogP contribution in [0.1, 0.15) is 27.9 Å². The number of aliphatic hydroxyl groups is 1. The van der Waals surface area contributed by atoms with Gasteiger partial charge in [0.25, 0.3) is 5.91 Å². The fraction of sp³-hybridized carbons (Fsp3) is 0.381. The summed E-state index contributed by atoms with van der Waals surface area (Å²) in [6.07, 6.45) is -2.64. The van der Waals surface area contributed by atoms with Crippen LogP contribution in [0.2, 0.25) is 0 Å². The summed E-state index contributed by atoms with van der Waals surface area (Å²) in [5.74, 6) is -5.58. The number of carbonyl (C=O) groups is 3. The molecule has 2 aromatic heterocycles. The molecule has 1 saturated heterocycles. The second kappa shape index (κ2) is 12.8. The van der Waals surface area contributed by atoms with Gasteiger partial charge in [-0.15, -0.1) is 0 Å². The van der Waals surface area contributed by atoms with Crippen molar-refractivity contribution in [3.05, 3.63) is 59.7 Å². The van der Waals surface area contributed by atoms with Gasteiger partial charge in [0.15, 0.2) is 0 Å². The van der Waals surface area contributed by atoms with E-state index in [4.69, 9.17) is 19.8 Å². The fourth-order valence-electron chi connectivity index (χ4n) is 2.93. The zero-order valence-corrected chi connectivity index (χ0v) is 18.5. The first-order chi connectivity index (χ1) is 16.5. The van der Waals surface area contributed by atoms with Gasteiger partial charge in [-0.05, 0) is 43.0 Å². The molecule has 0 radical (unpaired) electrons. The van der Waals surface area contributed by atoms with Crippen molar-refractivity contribution in [3.63, 3.8) is 0 Å². The van der Waals surface area contributed by atoms with Crippen molar-refractivity contribution in [2.45, 2.75) is 44.3 Å². The molecule has 1 aliphatic rings. The molecule has 1 fully saturated rings. The molecule has 3 rings (SSSR count). The van der Waals surface area contributed by atoms with Crippen LogP contribution in [0, 0.1) is 6.92 Å². The number of hydrogen-bond acceptors (Lipinski definition) is 6. The van der Waals surface area contributed by atoms with Crippen LogP contribution >= 0.6 is 0 Å². The molecule has 1 aliphatic heterocycles. The highest BCUT2D eigenvalue weighted by Gasteiger charge is 2.39. The minimum absolute atomic E-state index is 0.0679. The maximum Gasteiger partial charge on any atom is 0.490 e. The lowest BCUT2D eigenvalue weighted by atomic mass is 10.0. The molecule has 1 amide bonds. The van der Waals surface area contributed by atoms with E-state index in [-0.39, 0.29) is 11.9 Å². The monoisotopic (exact) mass is 525 g/mol. The number of carboxylic acid groups (broad SMARTS) is 2. The predicted octanol–water partition coefficient (Wildman–Crippen LogP) is 2.87. The first kappa shape index (κ1) is 30.3. The van der Waals surface area contributed by atoms with Gasteiger partial charge in [-0.2, -0.15) is 26.3 Å². The van der Waals surface area contributed by atoms with Gasteiger partial charge >= 0.3 is 24.3 Å². The molecule has 36 heavy (non-hydrogen) atoms. The second-order valence-electron chi connectivity index (χ2n) is 7.34. The Kier molecular flexibility index (Phi) is 10.8. The van der Waals surface area contributed by atoms with Crippen LogP contribution in [0.4, 0.5) is 26.3 Å². The molecular formula is C21H21F6N3O6. The molecule has 0 spiro atoms. The smallest absolute Gasteiger partial charge is 0.475 e. The van der Waals surface area contributed by atoms with E-state index in [1.165, 1.54) is 0 Å². The van der Waals surface area contributed by atoms with E-state index in [9.17, 15) is 36.2 Å². The molecular weight excluding hydrogens is 504 g/mol. The number of aromatic nitrogens is 2. The number of alkyl halides is 6. The number of aryl methyl sites for hydroxylation is 1. The van der Waals surface area contributed by atoms with Crippen molar-refractivity contribution in [1.82, 2.24) is 14.9 Å². The molecule has 3 heterocycles. The van der Waals surface area contributed by atoms with Crippen LogP contribution in [-0.4, -0.2) is 79.1 Å². The van der Waals surface area contributed by atoms with Gasteiger partial charge in [-0.1, -0.05) is 6.07 Å². The quantitative estimate of drug-likeness (QED) is 0.520. The SMILES string of the molecule is Cc1cncc(C(=O)N2CC[C@@H](O)[C@@H]2Cc2cccnc2)c1.O=C(O)C(F)(F)F.O=C(O)C(F)(F)F. The maximum atomic E-state index is 12.7. The van der Waals surface area contributed by atoms with E-state index in [0.29, 0.717) is 24.9 Å². The predicted molar refractivity (Wildman–Crippen MR) is 110 cm³/mol. The summed E-state index contributed by atoms with van der Waals surface area (Å²) in [4.78, 5) is 40.4. The van der Waals surface area contributed by atoms with E-state index >= 15 is 0 Å². The van der Waals surface area contributed by atoms with Crippen LogP contribution in [0.25, 0.3) is 0 Å². The first-order valence-electron chi connectivity index (χ1n) is 9.93. The zero-order valence-electron chi connectivity index (χ0n) is 18.5. The number of carboxylic acids is 2. The number of amides is 1. The van der Waals surface area contributed by atoms with Crippen molar-refractivity contribution in [3.8, 4) is 0 Å². The van der Waals surface area contributed by atoms with Crippen molar-refractivity contribution in [1.29, 1.82) is 0 Å². The number of pyridine rings is 2. The van der Waals surface area contributed by atoms with Crippen molar-refractivity contribution in [2.75, 3.05) is 6.54 Å². The standard InChI is InChI=1S/C17H19N3O2.2C2HF3O2/c1-12-7-14(11-19-9-12)17(22)20-6-4-16(21)15(20)8-13-3-2-5-18-10-13;2*3-2(4,5)1(6)7/h2-3,5,7,9-11,15-16,21H,4,6,8H2,1H3;2*(H,6,7)/t15-,16+;;/m0../s1. The lowest BCUT2D eigenvalue weighted by molar-refractivity contribution is -0.193. The Morgan fingerprint density at radius 2 is 1.56 bits per heavy atom. The number of hydrogen-bond donors (Lipinski definition) is 3. The number of aliphatic carboxylic acids is 2. The minimum atomic E-state index is -5.08. The van der Waals surface area contributed by atoms with Gasteiger partial charge in [0.05, 0.1) is 17.7 Å².